The van der Waals surface area contributed by atoms with Crippen molar-refractivity contribution in [3.8, 4) is 0 Å². The molecule has 0 spiro atoms. The van der Waals surface area contributed by atoms with Gasteiger partial charge in [0.25, 0.3) is 0 Å². The van der Waals surface area contributed by atoms with Crippen LogP contribution in [0.25, 0.3) is 0 Å². The molecule has 1 rings (SSSR count). The molecule has 0 saturated heterocycles. The van der Waals surface area contributed by atoms with Crippen molar-refractivity contribution in [3.05, 3.63) is 29.6 Å². The fraction of sp³-hybridized carbons (Fsp3) is 0.538. The van der Waals surface area contributed by atoms with Crippen molar-refractivity contribution in [3.63, 3.8) is 0 Å². The maximum atomic E-state index is 13.1. The second kappa shape index (κ2) is 5.85. The molecular formula is C13H21FN2. The molecule has 2 N–H and O–H groups in total. The number of nitrogens with two attached hydrogens (primary N) is 1. The molecule has 0 saturated carbocycles. The van der Waals surface area contributed by atoms with Gasteiger partial charge in [0.15, 0.2) is 0 Å². The Labute approximate surface area is 97.3 Å². The molecule has 0 bridgehead atoms. The molecule has 1 aromatic carbocycles. The minimum Gasteiger partial charge on any atom is -0.374 e. The van der Waals surface area contributed by atoms with E-state index in [9.17, 15) is 4.39 Å². The van der Waals surface area contributed by atoms with E-state index < -0.39 is 0 Å². The molecule has 90 valence electrons. The van der Waals surface area contributed by atoms with E-state index in [2.05, 4.69) is 11.8 Å². The summed E-state index contributed by atoms with van der Waals surface area (Å²) in [7, 11) is 2.03. The Morgan fingerprint density at radius 1 is 1.44 bits per heavy atom. The standard InChI is InChI=1S/C13H21FN2/c1-10(6-7-15)9-16(3)12-4-5-13(14)11(2)8-12/h4-5,8,10H,6-7,9,15H2,1-3H3. The van der Waals surface area contributed by atoms with Crippen LogP contribution in [0, 0.1) is 18.7 Å². The zero-order valence-electron chi connectivity index (χ0n) is 10.3. The lowest BCUT2D eigenvalue weighted by Gasteiger charge is -2.23. The van der Waals surface area contributed by atoms with Crippen molar-refractivity contribution < 1.29 is 4.39 Å². The fourth-order valence-corrected chi connectivity index (χ4v) is 1.82. The average Bonchev–Trinajstić information content (AvgIpc) is 2.22. The molecule has 0 aliphatic rings. The number of rotatable bonds is 5. The zero-order valence-corrected chi connectivity index (χ0v) is 10.3. The summed E-state index contributed by atoms with van der Waals surface area (Å²) in [6.07, 6.45) is 1.02. The highest BCUT2D eigenvalue weighted by molar-refractivity contribution is 5.48. The van der Waals surface area contributed by atoms with Crippen LogP contribution in [0.5, 0.6) is 0 Å². The van der Waals surface area contributed by atoms with Gasteiger partial charge in [0.1, 0.15) is 5.82 Å². The number of hydrogen-bond donors (Lipinski definition) is 1. The molecule has 1 aromatic rings. The van der Waals surface area contributed by atoms with E-state index in [0.29, 0.717) is 11.5 Å². The summed E-state index contributed by atoms with van der Waals surface area (Å²) in [5.41, 5.74) is 7.27. The van der Waals surface area contributed by atoms with Crippen molar-refractivity contribution in [1.82, 2.24) is 0 Å². The largest absolute Gasteiger partial charge is 0.374 e. The highest BCUT2D eigenvalue weighted by atomic mass is 19.1. The van der Waals surface area contributed by atoms with E-state index in [4.69, 9.17) is 5.73 Å². The Hall–Kier alpha value is -1.09. The normalized spacial score (nSPS) is 12.6. The first-order valence-corrected chi connectivity index (χ1v) is 5.72. The van der Waals surface area contributed by atoms with E-state index in [1.165, 1.54) is 6.07 Å². The summed E-state index contributed by atoms with van der Waals surface area (Å²) in [6, 6.07) is 5.22. The van der Waals surface area contributed by atoms with Crippen LogP contribution in [0.2, 0.25) is 0 Å². The maximum Gasteiger partial charge on any atom is 0.126 e. The Morgan fingerprint density at radius 3 is 2.69 bits per heavy atom. The SMILES string of the molecule is Cc1cc(N(C)CC(C)CCN)ccc1F. The molecule has 1 atom stereocenters. The minimum atomic E-state index is -0.146. The number of hydrogen-bond acceptors (Lipinski definition) is 2. The Balaban J connectivity index is 2.65. The lowest BCUT2D eigenvalue weighted by atomic mass is 10.1. The molecule has 2 nitrogen and oxygen atoms in total. The predicted molar refractivity (Wildman–Crippen MR) is 67.2 cm³/mol. The molecule has 1 unspecified atom stereocenters. The smallest absolute Gasteiger partial charge is 0.126 e. The molecule has 0 aromatic heterocycles. The van der Waals surface area contributed by atoms with Crippen LogP contribution in [0.1, 0.15) is 18.9 Å². The summed E-state index contributed by atoms with van der Waals surface area (Å²) in [5.74, 6) is 0.410. The average molecular weight is 224 g/mol. The van der Waals surface area contributed by atoms with Crippen LogP contribution < -0.4 is 10.6 Å². The molecule has 0 radical (unpaired) electrons. The van der Waals surface area contributed by atoms with Crippen molar-refractivity contribution in [2.75, 3.05) is 25.0 Å². The summed E-state index contributed by atoms with van der Waals surface area (Å²) in [6.45, 7) is 5.63. The van der Waals surface area contributed by atoms with Crippen LogP contribution in [-0.4, -0.2) is 20.1 Å². The van der Waals surface area contributed by atoms with E-state index in [-0.39, 0.29) is 5.82 Å². The number of halogens is 1. The first-order valence-electron chi connectivity index (χ1n) is 5.72. The highest BCUT2D eigenvalue weighted by Gasteiger charge is 2.07. The summed E-state index contributed by atoms with van der Waals surface area (Å²) < 4.78 is 13.1. The van der Waals surface area contributed by atoms with Gasteiger partial charge in [-0.2, -0.15) is 0 Å². The summed E-state index contributed by atoms with van der Waals surface area (Å²) in [4.78, 5) is 2.15. The third-order valence-electron chi connectivity index (χ3n) is 2.83. The maximum absolute atomic E-state index is 13.1. The van der Waals surface area contributed by atoms with Crippen LogP contribution in [0.3, 0.4) is 0 Å². The van der Waals surface area contributed by atoms with Gasteiger partial charge in [-0.15, -0.1) is 0 Å². The number of nitrogens with zero attached hydrogens (tertiary/aromatic N) is 1. The van der Waals surface area contributed by atoms with Gasteiger partial charge in [0, 0.05) is 19.3 Å². The number of benzene rings is 1. The lowest BCUT2D eigenvalue weighted by molar-refractivity contribution is 0.539. The first kappa shape index (κ1) is 13.0. The van der Waals surface area contributed by atoms with E-state index >= 15 is 0 Å². The second-order valence-corrected chi connectivity index (χ2v) is 4.50. The molecule has 3 heteroatoms. The van der Waals surface area contributed by atoms with Gasteiger partial charge < -0.3 is 10.6 Å². The Kier molecular flexibility index (Phi) is 4.74. The summed E-state index contributed by atoms with van der Waals surface area (Å²) in [5, 5.41) is 0. The fourth-order valence-electron chi connectivity index (χ4n) is 1.82. The van der Waals surface area contributed by atoms with Gasteiger partial charge in [0.2, 0.25) is 0 Å². The molecule has 0 amide bonds. The molecule has 16 heavy (non-hydrogen) atoms. The zero-order chi connectivity index (χ0) is 12.1. The van der Waals surface area contributed by atoms with Gasteiger partial charge in [-0.1, -0.05) is 6.92 Å². The van der Waals surface area contributed by atoms with Gasteiger partial charge in [0.05, 0.1) is 0 Å². The molecule has 0 aliphatic carbocycles. The Bertz CT molecular complexity index is 339. The molecular weight excluding hydrogens is 203 g/mol. The summed E-state index contributed by atoms with van der Waals surface area (Å²) >= 11 is 0. The third kappa shape index (κ3) is 3.49. The number of anilines is 1. The van der Waals surface area contributed by atoms with Crippen LogP contribution in [0.15, 0.2) is 18.2 Å². The molecule has 0 fully saturated rings. The van der Waals surface area contributed by atoms with Crippen molar-refractivity contribution in [2.45, 2.75) is 20.3 Å². The molecule has 0 heterocycles. The Morgan fingerprint density at radius 2 is 2.12 bits per heavy atom. The van der Waals surface area contributed by atoms with E-state index in [1.807, 2.05) is 19.2 Å². The van der Waals surface area contributed by atoms with Crippen molar-refractivity contribution in [1.29, 1.82) is 0 Å². The third-order valence-corrected chi connectivity index (χ3v) is 2.83. The number of aryl methyl sites for hydroxylation is 1. The van der Waals surface area contributed by atoms with Gasteiger partial charge in [-0.3, -0.25) is 0 Å². The second-order valence-electron chi connectivity index (χ2n) is 4.50. The highest BCUT2D eigenvalue weighted by Crippen LogP contribution is 2.18. The van der Waals surface area contributed by atoms with Gasteiger partial charge in [-0.25, -0.2) is 4.39 Å². The predicted octanol–water partition coefficient (Wildman–Crippen LogP) is 2.56. The minimum absolute atomic E-state index is 0.146. The van der Waals surface area contributed by atoms with Crippen molar-refractivity contribution >= 4 is 5.69 Å². The van der Waals surface area contributed by atoms with Crippen LogP contribution >= 0.6 is 0 Å². The lowest BCUT2D eigenvalue weighted by Crippen LogP contribution is -2.25. The van der Waals surface area contributed by atoms with E-state index in [1.54, 1.807) is 6.92 Å². The first-order chi connectivity index (χ1) is 7.54. The monoisotopic (exact) mass is 224 g/mol. The van der Waals surface area contributed by atoms with Gasteiger partial charge in [-0.05, 0) is 49.6 Å². The van der Waals surface area contributed by atoms with E-state index in [0.717, 1.165) is 25.2 Å². The van der Waals surface area contributed by atoms with Gasteiger partial charge >= 0.3 is 0 Å². The van der Waals surface area contributed by atoms with Crippen molar-refractivity contribution in [2.24, 2.45) is 11.7 Å². The van der Waals surface area contributed by atoms with Crippen LogP contribution in [-0.2, 0) is 0 Å². The quantitative estimate of drug-likeness (QED) is 0.833. The molecule has 0 aliphatic heterocycles. The topological polar surface area (TPSA) is 29.3 Å². The van der Waals surface area contributed by atoms with Crippen LogP contribution in [0.4, 0.5) is 10.1 Å².